The number of carboxylic acid groups (broad SMARTS) is 1. The zero-order valence-electron chi connectivity index (χ0n) is 11.1. The van der Waals surface area contributed by atoms with E-state index in [0.717, 1.165) is 0 Å². The third kappa shape index (κ3) is 8.83. The highest BCUT2D eigenvalue weighted by molar-refractivity contribution is 5.86. The Kier molecular flexibility index (Phi) is 8.27. The Morgan fingerprint density at radius 2 is 1.79 bits per heavy atom. The molecule has 0 aromatic carbocycles. The molecule has 0 rings (SSSR count). The first-order valence-corrected chi connectivity index (χ1v) is 6.01. The van der Waals surface area contributed by atoms with Gasteiger partial charge in [-0.25, -0.2) is 9.59 Å². The molecule has 0 aliphatic rings. The molecule has 0 unspecified atom stereocenters. The Morgan fingerprint density at radius 3 is 2.26 bits per heavy atom. The summed E-state index contributed by atoms with van der Waals surface area (Å²) in [5.74, 6) is -1.29. The van der Waals surface area contributed by atoms with Crippen molar-refractivity contribution in [1.82, 2.24) is 16.0 Å². The van der Waals surface area contributed by atoms with Gasteiger partial charge in [0.2, 0.25) is 5.91 Å². The van der Waals surface area contributed by atoms with Crippen molar-refractivity contribution in [3.05, 3.63) is 0 Å². The normalized spacial score (nSPS) is 11.8. The third-order valence-corrected chi connectivity index (χ3v) is 2.14. The molecule has 19 heavy (non-hydrogen) atoms. The van der Waals surface area contributed by atoms with Crippen molar-refractivity contribution in [3.8, 4) is 0 Å². The van der Waals surface area contributed by atoms with Crippen molar-refractivity contribution in [2.75, 3.05) is 19.7 Å². The largest absolute Gasteiger partial charge is 0.480 e. The highest BCUT2D eigenvalue weighted by atomic mass is 16.4. The van der Waals surface area contributed by atoms with E-state index in [1.165, 1.54) is 0 Å². The number of carbonyl (C=O) groups excluding carboxylic acids is 2. The molecule has 0 aliphatic heterocycles. The van der Waals surface area contributed by atoms with Crippen molar-refractivity contribution in [2.45, 2.75) is 26.3 Å². The maximum absolute atomic E-state index is 11.3. The number of urea groups is 1. The van der Waals surface area contributed by atoms with Gasteiger partial charge in [-0.1, -0.05) is 13.8 Å². The fourth-order valence-electron chi connectivity index (χ4n) is 1.14. The van der Waals surface area contributed by atoms with Crippen LogP contribution < -0.4 is 16.0 Å². The maximum atomic E-state index is 11.3. The number of aliphatic hydroxyl groups excluding tert-OH is 1. The lowest BCUT2D eigenvalue weighted by Crippen LogP contribution is -2.48. The average molecular weight is 275 g/mol. The van der Waals surface area contributed by atoms with Crippen LogP contribution >= 0.6 is 0 Å². The fraction of sp³-hybridized carbons (Fsp3) is 0.727. The number of aliphatic hydroxyl groups is 1. The van der Waals surface area contributed by atoms with Crippen molar-refractivity contribution < 1.29 is 24.6 Å². The van der Waals surface area contributed by atoms with E-state index in [0.29, 0.717) is 12.5 Å². The van der Waals surface area contributed by atoms with Gasteiger partial charge >= 0.3 is 12.0 Å². The Labute approximate surface area is 111 Å². The summed E-state index contributed by atoms with van der Waals surface area (Å²) in [6.45, 7) is 3.79. The molecule has 0 spiro atoms. The van der Waals surface area contributed by atoms with E-state index in [-0.39, 0.29) is 25.5 Å². The molecule has 0 aromatic rings. The predicted octanol–water partition coefficient (Wildman–Crippen LogP) is -1.11. The van der Waals surface area contributed by atoms with E-state index in [1.54, 1.807) is 0 Å². The minimum absolute atomic E-state index is 0.0949. The summed E-state index contributed by atoms with van der Waals surface area (Å²) in [6, 6.07) is -1.94. The van der Waals surface area contributed by atoms with Crippen LogP contribution in [-0.2, 0) is 9.59 Å². The van der Waals surface area contributed by atoms with Crippen LogP contribution in [0.25, 0.3) is 0 Å². The Bertz CT molecular complexity index is 319. The van der Waals surface area contributed by atoms with Gasteiger partial charge in [0, 0.05) is 19.6 Å². The fourth-order valence-corrected chi connectivity index (χ4v) is 1.14. The first-order valence-electron chi connectivity index (χ1n) is 6.01. The van der Waals surface area contributed by atoms with Gasteiger partial charge in [-0.15, -0.1) is 0 Å². The van der Waals surface area contributed by atoms with Crippen LogP contribution in [0, 0.1) is 5.92 Å². The second-order valence-corrected chi connectivity index (χ2v) is 4.43. The zero-order chi connectivity index (χ0) is 14.8. The molecule has 0 heterocycles. The summed E-state index contributed by atoms with van der Waals surface area (Å²) in [7, 11) is 0. The molecule has 0 aromatic heterocycles. The Balaban J connectivity index is 3.96. The van der Waals surface area contributed by atoms with Crippen molar-refractivity contribution in [1.29, 1.82) is 0 Å². The monoisotopic (exact) mass is 275 g/mol. The molecule has 3 amide bonds. The molecule has 0 aliphatic carbocycles. The van der Waals surface area contributed by atoms with Crippen LogP contribution in [0.5, 0.6) is 0 Å². The number of amides is 3. The van der Waals surface area contributed by atoms with Crippen molar-refractivity contribution >= 4 is 17.9 Å². The minimum Gasteiger partial charge on any atom is -0.480 e. The van der Waals surface area contributed by atoms with Gasteiger partial charge in [-0.3, -0.25) is 4.79 Å². The molecule has 5 N–H and O–H groups in total. The van der Waals surface area contributed by atoms with Crippen molar-refractivity contribution in [3.63, 3.8) is 0 Å². The van der Waals surface area contributed by atoms with Gasteiger partial charge in [-0.2, -0.15) is 0 Å². The molecule has 0 fully saturated rings. The van der Waals surface area contributed by atoms with Crippen molar-refractivity contribution in [2.24, 2.45) is 5.92 Å². The van der Waals surface area contributed by atoms with E-state index >= 15 is 0 Å². The lowest BCUT2D eigenvalue weighted by Gasteiger charge is -2.14. The van der Waals surface area contributed by atoms with Crippen LogP contribution in [0.1, 0.15) is 20.3 Å². The van der Waals surface area contributed by atoms with Gasteiger partial charge < -0.3 is 26.2 Å². The van der Waals surface area contributed by atoms with Gasteiger partial charge in [0.1, 0.15) is 6.04 Å². The van der Waals surface area contributed by atoms with Gasteiger partial charge in [-0.05, 0) is 5.92 Å². The molecular formula is C11H21N3O5. The first-order chi connectivity index (χ1) is 8.86. The second kappa shape index (κ2) is 9.15. The molecule has 0 saturated heterocycles. The summed E-state index contributed by atoms with van der Waals surface area (Å²) >= 11 is 0. The predicted molar refractivity (Wildman–Crippen MR) is 67.5 cm³/mol. The molecule has 8 nitrogen and oxygen atoms in total. The lowest BCUT2D eigenvalue weighted by atomic mass is 10.2. The SMILES string of the molecule is CC(C)CNC(=O)CNC(=O)N[C@H](CCO)C(=O)O. The second-order valence-electron chi connectivity index (χ2n) is 4.43. The number of hydrogen-bond acceptors (Lipinski definition) is 4. The van der Waals surface area contributed by atoms with Gasteiger partial charge in [0.05, 0.1) is 6.54 Å². The average Bonchev–Trinajstić information content (AvgIpc) is 2.33. The number of carboxylic acids is 1. The van der Waals surface area contributed by atoms with Gasteiger partial charge in [0.25, 0.3) is 0 Å². The summed E-state index contributed by atoms with van der Waals surface area (Å²) < 4.78 is 0. The standard InChI is InChI=1S/C11H21N3O5/c1-7(2)5-12-9(16)6-13-11(19)14-8(3-4-15)10(17)18/h7-8,15H,3-6H2,1-2H3,(H,12,16)(H,17,18)(H2,13,14,19)/t8-/m1/s1. The van der Waals surface area contributed by atoms with Crippen LogP contribution in [0.3, 0.4) is 0 Å². The number of aliphatic carboxylic acids is 1. The van der Waals surface area contributed by atoms with Crippen LogP contribution in [-0.4, -0.2) is 53.9 Å². The van der Waals surface area contributed by atoms with E-state index < -0.39 is 18.0 Å². The zero-order valence-corrected chi connectivity index (χ0v) is 11.1. The molecule has 0 radical (unpaired) electrons. The van der Waals surface area contributed by atoms with Crippen LogP contribution in [0.15, 0.2) is 0 Å². The lowest BCUT2D eigenvalue weighted by molar-refractivity contribution is -0.139. The minimum atomic E-state index is -1.24. The van der Waals surface area contributed by atoms with E-state index in [4.69, 9.17) is 10.2 Å². The topological polar surface area (TPSA) is 128 Å². The summed E-state index contributed by atoms with van der Waals surface area (Å²) in [5.41, 5.74) is 0. The molecule has 1 atom stereocenters. The van der Waals surface area contributed by atoms with E-state index in [2.05, 4.69) is 16.0 Å². The number of hydrogen-bond donors (Lipinski definition) is 5. The quantitative estimate of drug-likeness (QED) is 0.384. The number of carbonyl (C=O) groups is 3. The van der Waals surface area contributed by atoms with Crippen LogP contribution in [0.2, 0.25) is 0 Å². The smallest absolute Gasteiger partial charge is 0.326 e. The maximum Gasteiger partial charge on any atom is 0.326 e. The molecular weight excluding hydrogens is 254 g/mol. The summed E-state index contributed by atoms with van der Waals surface area (Å²) in [6.07, 6.45) is -0.0949. The van der Waals surface area contributed by atoms with Crippen LogP contribution in [0.4, 0.5) is 4.79 Å². The van der Waals surface area contributed by atoms with E-state index in [9.17, 15) is 14.4 Å². The highest BCUT2D eigenvalue weighted by Gasteiger charge is 2.19. The Morgan fingerprint density at radius 1 is 1.16 bits per heavy atom. The van der Waals surface area contributed by atoms with E-state index in [1.807, 2.05) is 13.8 Å². The molecule has 110 valence electrons. The molecule has 8 heteroatoms. The number of nitrogens with one attached hydrogen (secondary N) is 3. The Hall–Kier alpha value is -1.83. The summed E-state index contributed by atoms with van der Waals surface area (Å²) in [4.78, 5) is 33.3. The number of rotatable bonds is 8. The first kappa shape index (κ1) is 17.2. The molecule has 0 bridgehead atoms. The summed E-state index contributed by atoms with van der Waals surface area (Å²) in [5, 5.41) is 24.4. The van der Waals surface area contributed by atoms with Gasteiger partial charge in [0.15, 0.2) is 0 Å². The molecule has 0 saturated carbocycles. The highest BCUT2D eigenvalue weighted by Crippen LogP contribution is 1.91. The third-order valence-electron chi connectivity index (χ3n) is 2.14.